The lowest BCUT2D eigenvalue weighted by atomic mass is 9.97. The number of sulfonamides is 1. The summed E-state index contributed by atoms with van der Waals surface area (Å²) in [5.74, 6) is 0.0601. The van der Waals surface area contributed by atoms with Gasteiger partial charge in [-0.1, -0.05) is 66.2 Å². The maximum absolute atomic E-state index is 13.7. The summed E-state index contributed by atoms with van der Waals surface area (Å²) in [4.78, 5) is 31.6. The van der Waals surface area contributed by atoms with E-state index in [1.54, 1.807) is 42.5 Å². The second kappa shape index (κ2) is 17.8. The molecule has 0 aliphatic carbocycles. The van der Waals surface area contributed by atoms with Gasteiger partial charge in [-0.25, -0.2) is 13.1 Å². The molecule has 12 nitrogen and oxygen atoms in total. The minimum Gasteiger partial charge on any atom is -0.456 e. The zero-order chi connectivity index (χ0) is 39.9. The maximum atomic E-state index is 13.7. The number of carbonyl (C=O) groups is 1. The number of nitrogens with one attached hydrogen (secondary N) is 2. The zero-order valence-electron chi connectivity index (χ0n) is 31.6. The molecule has 5 aromatic carbocycles. The van der Waals surface area contributed by atoms with Crippen LogP contribution in [0.2, 0.25) is 5.02 Å². The molecule has 296 valence electrons. The summed E-state index contributed by atoms with van der Waals surface area (Å²) in [7, 11) is -2.45. The van der Waals surface area contributed by atoms with Crippen molar-refractivity contribution >= 4 is 44.6 Å². The Labute approximate surface area is 338 Å². The van der Waals surface area contributed by atoms with Crippen molar-refractivity contribution in [3.63, 3.8) is 0 Å². The minimum absolute atomic E-state index is 0.00506. The molecule has 2 N–H and O–H groups in total. The molecule has 0 radical (unpaired) electrons. The van der Waals surface area contributed by atoms with Crippen LogP contribution in [0.3, 0.4) is 0 Å². The van der Waals surface area contributed by atoms with Crippen LogP contribution in [-0.2, 0) is 16.6 Å². The quantitative estimate of drug-likeness (QED) is 0.0892. The van der Waals surface area contributed by atoms with E-state index in [9.17, 15) is 23.3 Å². The fourth-order valence-corrected chi connectivity index (χ4v) is 8.42. The van der Waals surface area contributed by atoms with Gasteiger partial charge in [-0.05, 0) is 104 Å². The van der Waals surface area contributed by atoms with Crippen molar-refractivity contribution in [1.29, 1.82) is 0 Å². The van der Waals surface area contributed by atoms with Crippen LogP contribution in [0.5, 0.6) is 11.5 Å². The summed E-state index contributed by atoms with van der Waals surface area (Å²) in [6.45, 7) is 6.24. The number of hydrogen-bond acceptors (Lipinski definition) is 10. The van der Waals surface area contributed by atoms with Crippen LogP contribution >= 0.6 is 11.6 Å². The summed E-state index contributed by atoms with van der Waals surface area (Å²) < 4.78 is 35.4. The number of rotatable bonds is 13. The molecule has 5 aromatic rings. The predicted molar refractivity (Wildman–Crippen MR) is 224 cm³/mol. The molecule has 14 heteroatoms. The van der Waals surface area contributed by atoms with Crippen LogP contribution in [0.15, 0.2) is 120 Å². The van der Waals surface area contributed by atoms with Gasteiger partial charge in [-0.15, -0.1) is 0 Å². The summed E-state index contributed by atoms with van der Waals surface area (Å²) in [6.07, 6.45) is 1.93. The Kier molecular flexibility index (Phi) is 12.4. The second-order valence-electron chi connectivity index (χ2n) is 14.5. The molecule has 0 aromatic heterocycles. The molecule has 2 fully saturated rings. The standard InChI is InChI=1S/C43H45ClN6O6S/c1-47-21-19-31(20-22-47)29-45-40-18-16-37(28-41(40)50(52)53)57(54,55)46-43(51)39-17-15-35(27-42(39)56-36-8-3-2-4-9-36)49-25-23-48(24-26-49)30-33-7-5-6-10-38(33)32-11-13-34(44)14-12-32/h2-18,27-28,31,45H,19-26,29-30H2,1H3,(H,46,51). The first-order valence-corrected chi connectivity index (χ1v) is 20.8. The van der Waals surface area contributed by atoms with Gasteiger partial charge in [-0.3, -0.25) is 19.8 Å². The molecule has 0 spiro atoms. The highest BCUT2D eigenvalue weighted by molar-refractivity contribution is 7.90. The third kappa shape index (κ3) is 9.92. The number of amides is 1. The van der Waals surface area contributed by atoms with Crippen LogP contribution in [0.25, 0.3) is 11.1 Å². The molecule has 57 heavy (non-hydrogen) atoms. The Morgan fingerprint density at radius 3 is 2.28 bits per heavy atom. The van der Waals surface area contributed by atoms with E-state index in [2.05, 4.69) is 50.0 Å². The lowest BCUT2D eigenvalue weighted by molar-refractivity contribution is -0.384. The minimum atomic E-state index is -4.51. The van der Waals surface area contributed by atoms with Crippen LogP contribution in [0.4, 0.5) is 17.1 Å². The fourth-order valence-electron chi connectivity index (χ4n) is 7.31. The van der Waals surface area contributed by atoms with E-state index in [1.807, 2.05) is 36.4 Å². The van der Waals surface area contributed by atoms with E-state index in [1.165, 1.54) is 23.3 Å². The molecular weight excluding hydrogens is 764 g/mol. The lowest BCUT2D eigenvalue weighted by Crippen LogP contribution is -2.46. The maximum Gasteiger partial charge on any atom is 0.293 e. The normalized spacial score (nSPS) is 15.6. The molecule has 0 saturated carbocycles. The van der Waals surface area contributed by atoms with Gasteiger partial charge in [0.05, 0.1) is 15.4 Å². The van der Waals surface area contributed by atoms with Gasteiger partial charge in [0.2, 0.25) is 0 Å². The van der Waals surface area contributed by atoms with Crippen molar-refractivity contribution in [2.45, 2.75) is 24.3 Å². The first-order chi connectivity index (χ1) is 27.5. The zero-order valence-corrected chi connectivity index (χ0v) is 33.2. The van der Waals surface area contributed by atoms with Crippen molar-refractivity contribution in [3.05, 3.63) is 142 Å². The number of ether oxygens (including phenoxy) is 1. The number of benzene rings is 5. The third-order valence-corrected chi connectivity index (χ3v) is 12.2. The van der Waals surface area contributed by atoms with Crippen molar-refractivity contribution in [3.8, 4) is 22.6 Å². The van der Waals surface area contributed by atoms with Gasteiger partial charge in [0, 0.05) is 62.1 Å². The number of nitro benzene ring substituents is 1. The summed E-state index contributed by atoms with van der Waals surface area (Å²) >= 11 is 6.14. The number of likely N-dealkylation sites (tertiary alicyclic amines) is 1. The van der Waals surface area contributed by atoms with Gasteiger partial charge in [-0.2, -0.15) is 0 Å². The van der Waals surface area contributed by atoms with Crippen LogP contribution in [-0.4, -0.2) is 81.9 Å². The number of carbonyl (C=O) groups excluding carboxylic acids is 1. The number of anilines is 2. The Hall–Kier alpha value is -5.47. The highest BCUT2D eigenvalue weighted by Gasteiger charge is 2.27. The van der Waals surface area contributed by atoms with E-state index in [0.29, 0.717) is 23.2 Å². The second-order valence-corrected chi connectivity index (χ2v) is 16.6. The van der Waals surface area contributed by atoms with Crippen molar-refractivity contribution in [2.75, 3.05) is 63.1 Å². The van der Waals surface area contributed by atoms with Crippen molar-refractivity contribution in [2.24, 2.45) is 5.92 Å². The molecule has 2 saturated heterocycles. The number of piperazine rings is 1. The van der Waals surface area contributed by atoms with E-state index >= 15 is 0 Å². The Bertz CT molecular complexity index is 2310. The Morgan fingerprint density at radius 2 is 1.56 bits per heavy atom. The number of hydrogen-bond donors (Lipinski definition) is 2. The van der Waals surface area contributed by atoms with Crippen LogP contribution in [0, 0.1) is 16.0 Å². The average molecular weight is 809 g/mol. The molecule has 2 heterocycles. The van der Waals surface area contributed by atoms with E-state index in [-0.39, 0.29) is 22.7 Å². The number of piperidine rings is 1. The van der Waals surface area contributed by atoms with Gasteiger partial charge in [0.1, 0.15) is 17.2 Å². The largest absolute Gasteiger partial charge is 0.456 e. The van der Waals surface area contributed by atoms with Crippen molar-refractivity contribution in [1.82, 2.24) is 14.5 Å². The average Bonchev–Trinajstić information content (AvgIpc) is 3.21. The van der Waals surface area contributed by atoms with Gasteiger partial charge < -0.3 is 19.9 Å². The first-order valence-electron chi connectivity index (χ1n) is 19.0. The van der Waals surface area contributed by atoms with Crippen LogP contribution < -0.4 is 19.7 Å². The summed E-state index contributed by atoms with van der Waals surface area (Å²) in [5.41, 5.74) is 4.16. The molecule has 0 unspecified atom stereocenters. The Morgan fingerprint density at radius 1 is 0.860 bits per heavy atom. The van der Waals surface area contributed by atoms with Crippen LogP contribution in [0.1, 0.15) is 28.8 Å². The highest BCUT2D eigenvalue weighted by Crippen LogP contribution is 2.33. The molecule has 7 rings (SSSR count). The number of nitro groups is 1. The number of halogens is 1. The SMILES string of the molecule is CN1CCC(CNc2ccc(S(=O)(=O)NC(=O)c3ccc(N4CCN(Cc5ccccc5-c5ccc(Cl)cc5)CC4)cc3Oc3ccccc3)cc2[N+](=O)[O-])CC1. The number of para-hydroxylation sites is 1. The van der Waals surface area contributed by atoms with E-state index in [0.717, 1.165) is 76.0 Å². The van der Waals surface area contributed by atoms with Gasteiger partial charge in [0.25, 0.3) is 21.6 Å². The monoisotopic (exact) mass is 808 g/mol. The molecule has 1 amide bonds. The molecule has 0 bridgehead atoms. The smallest absolute Gasteiger partial charge is 0.293 e. The van der Waals surface area contributed by atoms with Crippen molar-refractivity contribution < 1.29 is 22.9 Å². The molecular formula is C43H45ClN6O6S. The first kappa shape index (κ1) is 39.8. The molecule has 2 aliphatic rings. The summed E-state index contributed by atoms with van der Waals surface area (Å²) in [5, 5.41) is 15.9. The Balaban J connectivity index is 1.05. The third-order valence-electron chi connectivity index (χ3n) is 10.6. The number of nitrogens with zero attached hydrogens (tertiary/aromatic N) is 4. The molecule has 2 aliphatic heterocycles. The lowest BCUT2D eigenvalue weighted by Gasteiger charge is -2.36. The summed E-state index contributed by atoms with van der Waals surface area (Å²) in [6, 6.07) is 33.9. The predicted octanol–water partition coefficient (Wildman–Crippen LogP) is 7.90. The van der Waals surface area contributed by atoms with Gasteiger partial charge in [0.15, 0.2) is 0 Å². The highest BCUT2D eigenvalue weighted by atomic mass is 35.5. The fraction of sp³-hybridized carbons (Fsp3) is 0.279. The van der Waals surface area contributed by atoms with E-state index in [4.69, 9.17) is 16.3 Å². The van der Waals surface area contributed by atoms with Gasteiger partial charge >= 0.3 is 0 Å². The topological polar surface area (TPSA) is 137 Å². The molecule has 0 atom stereocenters. The van der Waals surface area contributed by atoms with E-state index < -0.39 is 25.7 Å².